The third-order valence-corrected chi connectivity index (χ3v) is 0.494. The lowest BCUT2D eigenvalue weighted by molar-refractivity contribution is 0.379. The van der Waals surface area contributed by atoms with Gasteiger partial charge in [-0.3, -0.25) is 4.89 Å². The highest BCUT2D eigenvalue weighted by atomic mass is 31.1. The first kappa shape index (κ1) is 5.60. The average Bonchev–Trinajstić information content (AvgIpc) is 1.35. The van der Waals surface area contributed by atoms with Crippen molar-refractivity contribution in [1.82, 2.24) is 0 Å². The van der Waals surface area contributed by atoms with Gasteiger partial charge in [0.1, 0.15) is 0 Å². The quantitative estimate of drug-likeness (QED) is 0.419. The first-order valence-corrected chi connectivity index (χ1v) is 2.34. The minimum Gasteiger partial charge on any atom is -0.406 e. The Morgan fingerprint density at radius 3 is 2.50 bits per heavy atom. The SMILES string of the molecule is C=CO[P](=O)O. The Hall–Kier alpha value is -0.400. The molecule has 0 aliphatic carbocycles. The summed E-state index contributed by atoms with van der Waals surface area (Å²) in [5, 5.41) is 0. The Morgan fingerprint density at radius 1 is 2.00 bits per heavy atom. The van der Waals surface area contributed by atoms with E-state index in [2.05, 4.69) is 11.1 Å². The minimum absolute atomic E-state index is 0.915. The molecule has 0 heterocycles. The zero-order valence-corrected chi connectivity index (χ0v) is 3.89. The van der Waals surface area contributed by atoms with Crippen molar-refractivity contribution in [3.63, 3.8) is 0 Å². The van der Waals surface area contributed by atoms with Crippen LogP contribution in [0.2, 0.25) is 0 Å². The lowest BCUT2D eigenvalue weighted by atomic mass is 11.2. The monoisotopic (exact) mass is 107 g/mol. The summed E-state index contributed by atoms with van der Waals surface area (Å²) >= 11 is 0. The summed E-state index contributed by atoms with van der Waals surface area (Å²) in [6, 6.07) is 0. The van der Waals surface area contributed by atoms with E-state index in [9.17, 15) is 4.57 Å². The second-order valence-corrected chi connectivity index (χ2v) is 1.20. The Balaban J connectivity index is 3.05. The van der Waals surface area contributed by atoms with E-state index >= 15 is 0 Å². The van der Waals surface area contributed by atoms with Crippen LogP contribution in [0, 0.1) is 0 Å². The molecule has 1 unspecified atom stereocenters. The van der Waals surface area contributed by atoms with E-state index in [4.69, 9.17) is 4.89 Å². The molecule has 0 amide bonds. The molecule has 1 atom stereocenters. The van der Waals surface area contributed by atoms with Gasteiger partial charge < -0.3 is 4.52 Å². The molecule has 0 aromatic carbocycles. The second kappa shape index (κ2) is 2.82. The molecule has 0 bridgehead atoms. The van der Waals surface area contributed by atoms with Gasteiger partial charge in [-0.2, -0.15) is 0 Å². The van der Waals surface area contributed by atoms with Gasteiger partial charge in [-0.1, -0.05) is 6.58 Å². The van der Waals surface area contributed by atoms with Crippen LogP contribution in [0.15, 0.2) is 12.8 Å². The Morgan fingerprint density at radius 2 is 2.50 bits per heavy atom. The molecule has 35 valence electrons. The lowest BCUT2D eigenvalue weighted by Crippen LogP contribution is -1.55. The van der Waals surface area contributed by atoms with Gasteiger partial charge in [-0.25, -0.2) is 4.57 Å². The van der Waals surface area contributed by atoms with Crippen molar-refractivity contribution >= 4 is 8.25 Å². The normalized spacial score (nSPS) is 9.83. The van der Waals surface area contributed by atoms with E-state index in [0.29, 0.717) is 0 Å². The molecular weight excluding hydrogens is 103 g/mol. The molecule has 0 aliphatic rings. The largest absolute Gasteiger partial charge is 0.425 e. The fourth-order valence-corrected chi connectivity index (χ4v) is 0.191. The predicted octanol–water partition coefficient (Wildman–Crippen LogP) is 0.796. The Bertz CT molecular complexity index is 69.2. The third kappa shape index (κ3) is 3.60. The summed E-state index contributed by atoms with van der Waals surface area (Å²) in [7, 11) is -2.47. The van der Waals surface area contributed by atoms with Crippen molar-refractivity contribution in [3.05, 3.63) is 12.8 Å². The van der Waals surface area contributed by atoms with E-state index in [0.717, 1.165) is 6.26 Å². The van der Waals surface area contributed by atoms with E-state index < -0.39 is 8.25 Å². The number of hydrogen-bond donors (Lipinski definition) is 1. The van der Waals surface area contributed by atoms with Crippen molar-refractivity contribution < 1.29 is 14.0 Å². The third-order valence-electron chi connectivity index (χ3n) is 0.165. The van der Waals surface area contributed by atoms with Crippen molar-refractivity contribution in [2.75, 3.05) is 0 Å². The second-order valence-electron chi connectivity index (χ2n) is 0.510. The molecule has 3 nitrogen and oxygen atoms in total. The van der Waals surface area contributed by atoms with Crippen LogP contribution in [-0.2, 0) is 9.09 Å². The van der Waals surface area contributed by atoms with Crippen LogP contribution in [0.1, 0.15) is 0 Å². The molecular formula is C2H4O3P. The standard InChI is InChI=1S/C2H4O3P/c1-2-5-6(3)4/h2H,1H2,(H,3,4). The molecule has 0 spiro atoms. The smallest absolute Gasteiger partial charge is 0.406 e. The average molecular weight is 107 g/mol. The molecule has 4 heteroatoms. The zero-order chi connectivity index (χ0) is 4.99. The van der Waals surface area contributed by atoms with E-state index in [1.807, 2.05) is 0 Å². The van der Waals surface area contributed by atoms with Gasteiger partial charge in [0.2, 0.25) is 0 Å². The summed E-state index contributed by atoms with van der Waals surface area (Å²) in [6.45, 7) is 3.03. The van der Waals surface area contributed by atoms with Crippen LogP contribution < -0.4 is 0 Å². The van der Waals surface area contributed by atoms with Crippen LogP contribution in [-0.4, -0.2) is 4.89 Å². The van der Waals surface area contributed by atoms with Crippen molar-refractivity contribution in [1.29, 1.82) is 0 Å². The summed E-state index contributed by atoms with van der Waals surface area (Å²) in [5.41, 5.74) is 0. The fourth-order valence-electron chi connectivity index (χ4n) is 0.0638. The maximum absolute atomic E-state index is 9.45. The maximum atomic E-state index is 9.45. The van der Waals surface area contributed by atoms with Gasteiger partial charge in [-0.15, -0.1) is 0 Å². The minimum atomic E-state index is -2.47. The summed E-state index contributed by atoms with van der Waals surface area (Å²) < 4.78 is 13.3. The highest BCUT2D eigenvalue weighted by Crippen LogP contribution is 2.12. The molecule has 0 rings (SSSR count). The van der Waals surface area contributed by atoms with E-state index in [1.54, 1.807) is 0 Å². The van der Waals surface area contributed by atoms with Crippen molar-refractivity contribution in [3.8, 4) is 0 Å². The van der Waals surface area contributed by atoms with Crippen LogP contribution >= 0.6 is 8.25 Å². The van der Waals surface area contributed by atoms with Gasteiger partial charge in [0.25, 0.3) is 0 Å². The molecule has 1 radical (unpaired) electrons. The summed E-state index contributed by atoms with van der Waals surface area (Å²) in [6.07, 6.45) is 0.915. The van der Waals surface area contributed by atoms with E-state index in [1.165, 1.54) is 0 Å². The maximum Gasteiger partial charge on any atom is 0.425 e. The first-order chi connectivity index (χ1) is 2.77. The van der Waals surface area contributed by atoms with Gasteiger partial charge in [0, 0.05) is 0 Å². The van der Waals surface area contributed by atoms with Gasteiger partial charge in [0.05, 0.1) is 6.26 Å². The molecule has 1 N–H and O–H groups in total. The number of rotatable bonds is 2. The van der Waals surface area contributed by atoms with Gasteiger partial charge >= 0.3 is 8.25 Å². The summed E-state index contributed by atoms with van der Waals surface area (Å²) in [5.74, 6) is 0. The highest BCUT2D eigenvalue weighted by molar-refractivity contribution is 7.32. The molecule has 0 aromatic rings. The van der Waals surface area contributed by atoms with Crippen LogP contribution in [0.5, 0.6) is 0 Å². The van der Waals surface area contributed by atoms with Crippen LogP contribution in [0.4, 0.5) is 0 Å². The van der Waals surface area contributed by atoms with Crippen LogP contribution in [0.3, 0.4) is 0 Å². The van der Waals surface area contributed by atoms with Gasteiger partial charge in [0.15, 0.2) is 0 Å². The Labute approximate surface area is 36.2 Å². The number of hydrogen-bond acceptors (Lipinski definition) is 2. The zero-order valence-electron chi connectivity index (χ0n) is 3.00. The fraction of sp³-hybridized carbons (Fsp3) is 0. The molecule has 0 fully saturated rings. The van der Waals surface area contributed by atoms with Gasteiger partial charge in [-0.05, 0) is 0 Å². The predicted molar refractivity (Wildman–Crippen MR) is 21.1 cm³/mol. The van der Waals surface area contributed by atoms with Crippen molar-refractivity contribution in [2.45, 2.75) is 0 Å². The first-order valence-electron chi connectivity index (χ1n) is 1.21. The Kier molecular flexibility index (Phi) is 2.63. The highest BCUT2D eigenvalue weighted by Gasteiger charge is 1.81. The molecule has 0 aromatic heterocycles. The van der Waals surface area contributed by atoms with Crippen molar-refractivity contribution in [2.24, 2.45) is 0 Å². The topological polar surface area (TPSA) is 46.5 Å². The molecule has 0 saturated heterocycles. The molecule has 0 saturated carbocycles. The van der Waals surface area contributed by atoms with Crippen LogP contribution in [0.25, 0.3) is 0 Å². The van der Waals surface area contributed by atoms with E-state index in [-0.39, 0.29) is 0 Å². The lowest BCUT2D eigenvalue weighted by Gasteiger charge is -1.81. The molecule has 0 aliphatic heterocycles. The molecule has 6 heavy (non-hydrogen) atoms. The summed E-state index contributed by atoms with van der Waals surface area (Å²) in [4.78, 5) is 7.77.